The Morgan fingerprint density at radius 3 is 3.21 bits per heavy atom. The Morgan fingerprint density at radius 2 is 2.58 bits per heavy atom. The summed E-state index contributed by atoms with van der Waals surface area (Å²) in [4.78, 5) is 16.0. The van der Waals surface area contributed by atoms with E-state index in [4.69, 9.17) is 10.9 Å². The predicted molar refractivity (Wildman–Crippen MR) is 69.3 cm³/mol. The summed E-state index contributed by atoms with van der Waals surface area (Å²) in [5, 5.41) is 9.65. The summed E-state index contributed by atoms with van der Waals surface area (Å²) in [5.74, 6) is 2.66. The molecule has 6 heteroatoms. The average molecular weight is 262 g/mol. The summed E-state index contributed by atoms with van der Waals surface area (Å²) in [6.07, 6.45) is 9.01. The van der Waals surface area contributed by atoms with E-state index >= 15 is 0 Å². The highest BCUT2D eigenvalue weighted by Crippen LogP contribution is 2.20. The Morgan fingerprint density at radius 1 is 1.74 bits per heavy atom. The fourth-order valence-electron chi connectivity index (χ4n) is 2.07. The smallest absolute Gasteiger partial charge is 0.293 e. The summed E-state index contributed by atoms with van der Waals surface area (Å²) in [6.45, 7) is 2.94. The molecule has 1 aromatic rings. The molecule has 6 nitrogen and oxygen atoms in total. The quantitative estimate of drug-likeness (QED) is 0.775. The van der Waals surface area contributed by atoms with Crippen LogP contribution in [0.15, 0.2) is 4.52 Å². The van der Waals surface area contributed by atoms with E-state index in [9.17, 15) is 4.79 Å². The molecule has 1 fully saturated rings. The van der Waals surface area contributed by atoms with Crippen molar-refractivity contribution in [1.29, 1.82) is 0 Å². The third kappa shape index (κ3) is 3.32. The van der Waals surface area contributed by atoms with Crippen LogP contribution in [-0.4, -0.2) is 28.6 Å². The van der Waals surface area contributed by atoms with Gasteiger partial charge in [0.15, 0.2) is 0 Å². The maximum atomic E-state index is 11.9. The van der Waals surface area contributed by atoms with E-state index in [1.807, 2.05) is 6.92 Å². The molecule has 1 aliphatic rings. The number of carbonyl (C=O) groups is 1. The van der Waals surface area contributed by atoms with E-state index < -0.39 is 0 Å². The molecule has 0 spiro atoms. The summed E-state index contributed by atoms with van der Waals surface area (Å²) in [5.41, 5.74) is 0. The highest BCUT2D eigenvalue weighted by Gasteiger charge is 2.24. The lowest BCUT2D eigenvalue weighted by Gasteiger charge is -2.09. The van der Waals surface area contributed by atoms with Gasteiger partial charge in [-0.25, -0.2) is 0 Å². The highest BCUT2D eigenvalue weighted by molar-refractivity contribution is 5.90. The highest BCUT2D eigenvalue weighted by atomic mass is 16.5. The SMILES string of the molecule is C#CC(CCC)NC(=O)c1noc(C2CCCN2)n1. The minimum absolute atomic E-state index is 0.0417. The number of amides is 1. The molecule has 0 saturated carbocycles. The van der Waals surface area contributed by atoms with Crippen LogP contribution in [0.5, 0.6) is 0 Å². The molecule has 19 heavy (non-hydrogen) atoms. The van der Waals surface area contributed by atoms with Crippen molar-refractivity contribution < 1.29 is 9.32 Å². The van der Waals surface area contributed by atoms with Crippen molar-refractivity contribution in [2.45, 2.75) is 44.7 Å². The molecule has 2 unspecified atom stereocenters. The minimum atomic E-state index is -0.385. The minimum Gasteiger partial charge on any atom is -0.337 e. The first-order valence-corrected chi connectivity index (χ1v) is 6.58. The van der Waals surface area contributed by atoms with Crippen molar-refractivity contribution in [3.63, 3.8) is 0 Å². The van der Waals surface area contributed by atoms with Crippen molar-refractivity contribution in [2.24, 2.45) is 0 Å². The molecule has 0 aliphatic carbocycles. The molecule has 1 saturated heterocycles. The molecule has 102 valence electrons. The summed E-state index contributed by atoms with van der Waals surface area (Å²) < 4.78 is 5.11. The van der Waals surface area contributed by atoms with E-state index in [1.165, 1.54) is 0 Å². The number of terminal acetylenes is 1. The van der Waals surface area contributed by atoms with Gasteiger partial charge < -0.3 is 15.2 Å². The lowest BCUT2D eigenvalue weighted by Crippen LogP contribution is -2.34. The first-order chi connectivity index (χ1) is 9.24. The molecule has 1 amide bonds. The van der Waals surface area contributed by atoms with Crippen LogP contribution in [0.25, 0.3) is 0 Å². The van der Waals surface area contributed by atoms with Gasteiger partial charge in [-0.05, 0) is 25.8 Å². The number of nitrogens with one attached hydrogen (secondary N) is 2. The number of nitrogens with zero attached hydrogens (tertiary/aromatic N) is 2. The fourth-order valence-corrected chi connectivity index (χ4v) is 2.07. The van der Waals surface area contributed by atoms with E-state index in [0.29, 0.717) is 5.89 Å². The molecule has 0 radical (unpaired) electrons. The van der Waals surface area contributed by atoms with Crippen LogP contribution >= 0.6 is 0 Å². The van der Waals surface area contributed by atoms with Crippen LogP contribution in [-0.2, 0) is 0 Å². The molecular formula is C13H18N4O2. The van der Waals surface area contributed by atoms with E-state index in [-0.39, 0.29) is 23.8 Å². The van der Waals surface area contributed by atoms with Crippen LogP contribution in [0.1, 0.15) is 55.2 Å². The Labute approximate surface area is 112 Å². The second-order valence-corrected chi connectivity index (χ2v) is 4.59. The molecule has 1 aliphatic heterocycles. The number of rotatable bonds is 5. The first-order valence-electron chi connectivity index (χ1n) is 6.58. The zero-order valence-corrected chi connectivity index (χ0v) is 11.0. The molecule has 1 aromatic heterocycles. The van der Waals surface area contributed by atoms with Crippen LogP contribution in [0.4, 0.5) is 0 Å². The van der Waals surface area contributed by atoms with Crippen molar-refractivity contribution in [3.8, 4) is 12.3 Å². The van der Waals surface area contributed by atoms with Crippen molar-refractivity contribution >= 4 is 5.91 Å². The summed E-state index contributed by atoms with van der Waals surface area (Å²) in [6, 6.07) is -0.225. The number of hydrogen-bond acceptors (Lipinski definition) is 5. The molecule has 0 bridgehead atoms. The van der Waals surface area contributed by atoms with Gasteiger partial charge in [-0.1, -0.05) is 24.4 Å². The third-order valence-corrected chi connectivity index (χ3v) is 3.09. The van der Waals surface area contributed by atoms with Crippen LogP contribution < -0.4 is 10.6 Å². The normalized spacial score (nSPS) is 19.9. The van der Waals surface area contributed by atoms with Crippen LogP contribution in [0, 0.1) is 12.3 Å². The van der Waals surface area contributed by atoms with E-state index in [0.717, 1.165) is 32.2 Å². The summed E-state index contributed by atoms with van der Waals surface area (Å²) in [7, 11) is 0. The molecular weight excluding hydrogens is 244 g/mol. The van der Waals surface area contributed by atoms with Gasteiger partial charge in [0.25, 0.3) is 11.7 Å². The Kier molecular flexibility index (Phi) is 4.53. The Balaban J connectivity index is 1.97. The van der Waals surface area contributed by atoms with Crippen molar-refractivity contribution in [2.75, 3.05) is 6.54 Å². The molecule has 2 N–H and O–H groups in total. The topological polar surface area (TPSA) is 80.0 Å². The number of hydrogen-bond donors (Lipinski definition) is 2. The Hall–Kier alpha value is -1.87. The van der Waals surface area contributed by atoms with Gasteiger partial charge >= 0.3 is 0 Å². The first kappa shape index (κ1) is 13.6. The summed E-state index contributed by atoms with van der Waals surface area (Å²) >= 11 is 0. The lowest BCUT2D eigenvalue weighted by atomic mass is 10.2. The lowest BCUT2D eigenvalue weighted by molar-refractivity contribution is 0.0931. The number of aromatic nitrogens is 2. The Bertz CT molecular complexity index is 471. The van der Waals surface area contributed by atoms with Gasteiger partial charge in [-0.15, -0.1) is 6.42 Å². The fraction of sp³-hybridized carbons (Fsp3) is 0.615. The van der Waals surface area contributed by atoms with Gasteiger partial charge in [-0.3, -0.25) is 4.79 Å². The predicted octanol–water partition coefficient (Wildman–Crippen LogP) is 1.03. The third-order valence-electron chi connectivity index (χ3n) is 3.09. The second-order valence-electron chi connectivity index (χ2n) is 4.59. The van der Waals surface area contributed by atoms with E-state index in [2.05, 4.69) is 26.7 Å². The molecule has 2 rings (SSSR count). The molecule has 2 atom stereocenters. The van der Waals surface area contributed by atoms with Gasteiger partial charge in [0.1, 0.15) is 0 Å². The standard InChI is InChI=1S/C13H18N4O2/c1-3-6-9(4-2)15-12(18)11-16-13(19-17-11)10-7-5-8-14-10/h2,9-10,14H,3,5-8H2,1H3,(H,15,18). The van der Waals surface area contributed by atoms with E-state index in [1.54, 1.807) is 0 Å². The van der Waals surface area contributed by atoms with Crippen molar-refractivity contribution in [1.82, 2.24) is 20.8 Å². The van der Waals surface area contributed by atoms with Gasteiger partial charge in [0.2, 0.25) is 5.89 Å². The average Bonchev–Trinajstić information content (AvgIpc) is 3.08. The molecule has 0 aromatic carbocycles. The van der Waals surface area contributed by atoms with Gasteiger partial charge in [0.05, 0.1) is 12.1 Å². The molecule has 2 heterocycles. The van der Waals surface area contributed by atoms with Crippen LogP contribution in [0.3, 0.4) is 0 Å². The zero-order chi connectivity index (χ0) is 13.7. The van der Waals surface area contributed by atoms with Gasteiger partial charge in [0, 0.05) is 0 Å². The maximum absolute atomic E-state index is 11.9. The van der Waals surface area contributed by atoms with Crippen molar-refractivity contribution in [3.05, 3.63) is 11.7 Å². The number of carbonyl (C=O) groups excluding carboxylic acids is 1. The second kappa shape index (κ2) is 6.34. The maximum Gasteiger partial charge on any atom is 0.293 e. The monoisotopic (exact) mass is 262 g/mol. The largest absolute Gasteiger partial charge is 0.337 e. The zero-order valence-electron chi connectivity index (χ0n) is 11.0. The van der Waals surface area contributed by atoms with Gasteiger partial charge in [-0.2, -0.15) is 4.98 Å². The van der Waals surface area contributed by atoms with Crippen LogP contribution in [0.2, 0.25) is 0 Å².